The normalized spacial score (nSPS) is 10.5. The minimum atomic E-state index is -0.0834. The van der Waals surface area contributed by atoms with E-state index in [0.29, 0.717) is 5.82 Å². The van der Waals surface area contributed by atoms with Gasteiger partial charge in [-0.1, -0.05) is 23.8 Å². The average Bonchev–Trinajstić information content (AvgIpc) is 2.25. The molecule has 0 unspecified atom stereocenters. The summed E-state index contributed by atoms with van der Waals surface area (Å²) in [6.45, 7) is 4.09. The number of nitrogens with zero attached hydrogens (tertiary/aromatic N) is 1. The zero-order valence-corrected chi connectivity index (χ0v) is 10.3. The van der Waals surface area contributed by atoms with E-state index in [4.69, 9.17) is 5.73 Å². The van der Waals surface area contributed by atoms with Crippen LogP contribution in [-0.4, -0.2) is 4.57 Å². The molecule has 3 heteroatoms. The third-order valence-electron chi connectivity index (χ3n) is 2.99. The molecule has 0 aliphatic carbocycles. The molecular weight excluding hydrogens is 212 g/mol. The van der Waals surface area contributed by atoms with Gasteiger partial charge in [-0.3, -0.25) is 9.36 Å². The second-order valence-corrected chi connectivity index (χ2v) is 4.38. The molecule has 1 aromatic heterocycles. The maximum absolute atomic E-state index is 11.7. The van der Waals surface area contributed by atoms with Gasteiger partial charge in [-0.25, -0.2) is 0 Å². The molecule has 0 bridgehead atoms. The number of nitrogens with two attached hydrogens (primary N) is 1. The van der Waals surface area contributed by atoms with Crippen LogP contribution in [0.25, 0.3) is 11.1 Å². The molecule has 1 aromatic carbocycles. The number of aryl methyl sites for hydroxylation is 2. The van der Waals surface area contributed by atoms with Gasteiger partial charge in [0, 0.05) is 13.1 Å². The highest BCUT2D eigenvalue weighted by Gasteiger charge is 2.05. The number of nitrogen functional groups attached to an aromatic ring is 1. The maximum Gasteiger partial charge on any atom is 0.252 e. The van der Waals surface area contributed by atoms with Gasteiger partial charge in [0.15, 0.2) is 0 Å². The Morgan fingerprint density at radius 1 is 1.12 bits per heavy atom. The lowest BCUT2D eigenvalue weighted by Crippen LogP contribution is -2.18. The van der Waals surface area contributed by atoms with Crippen molar-refractivity contribution < 1.29 is 0 Å². The van der Waals surface area contributed by atoms with Gasteiger partial charge in [0.05, 0.1) is 0 Å². The van der Waals surface area contributed by atoms with Gasteiger partial charge in [0.2, 0.25) is 0 Å². The topological polar surface area (TPSA) is 48.0 Å². The lowest BCUT2D eigenvalue weighted by atomic mass is 9.99. The summed E-state index contributed by atoms with van der Waals surface area (Å²) in [4.78, 5) is 11.7. The summed E-state index contributed by atoms with van der Waals surface area (Å²) in [6, 6.07) is 9.62. The molecule has 1 heterocycles. The van der Waals surface area contributed by atoms with Crippen molar-refractivity contribution in [2.45, 2.75) is 13.8 Å². The zero-order valence-electron chi connectivity index (χ0n) is 10.3. The standard InChI is InChI=1S/C14H16N2O/c1-9-4-5-12(10(2)6-9)11-7-13(15)16(3)14(17)8-11/h4-8H,15H2,1-3H3. The van der Waals surface area contributed by atoms with Gasteiger partial charge >= 0.3 is 0 Å². The number of hydrogen-bond donors (Lipinski definition) is 1. The number of anilines is 1. The molecule has 88 valence electrons. The van der Waals surface area contributed by atoms with Crippen LogP contribution < -0.4 is 11.3 Å². The molecule has 0 radical (unpaired) electrons. The molecule has 0 saturated heterocycles. The Kier molecular flexibility index (Phi) is 2.76. The van der Waals surface area contributed by atoms with E-state index in [1.807, 2.05) is 25.1 Å². The molecule has 3 nitrogen and oxygen atoms in total. The summed E-state index contributed by atoms with van der Waals surface area (Å²) >= 11 is 0. The molecule has 2 N–H and O–H groups in total. The highest BCUT2D eigenvalue weighted by Crippen LogP contribution is 2.24. The molecule has 0 amide bonds. The van der Waals surface area contributed by atoms with Crippen LogP contribution in [0.5, 0.6) is 0 Å². The van der Waals surface area contributed by atoms with E-state index in [9.17, 15) is 4.79 Å². The Balaban J connectivity index is 2.65. The van der Waals surface area contributed by atoms with Crippen molar-refractivity contribution in [1.29, 1.82) is 0 Å². The van der Waals surface area contributed by atoms with Crippen molar-refractivity contribution >= 4 is 5.82 Å². The fourth-order valence-corrected chi connectivity index (χ4v) is 1.95. The minimum absolute atomic E-state index is 0.0834. The van der Waals surface area contributed by atoms with Gasteiger partial charge < -0.3 is 5.73 Å². The maximum atomic E-state index is 11.7. The van der Waals surface area contributed by atoms with E-state index in [0.717, 1.165) is 16.7 Å². The van der Waals surface area contributed by atoms with Crippen LogP contribution in [0.1, 0.15) is 11.1 Å². The summed E-state index contributed by atoms with van der Waals surface area (Å²) < 4.78 is 1.44. The molecule has 17 heavy (non-hydrogen) atoms. The number of aromatic nitrogens is 1. The molecular formula is C14H16N2O. The zero-order chi connectivity index (χ0) is 12.6. The van der Waals surface area contributed by atoms with Gasteiger partial charge in [0.25, 0.3) is 5.56 Å². The van der Waals surface area contributed by atoms with E-state index in [-0.39, 0.29) is 5.56 Å². The molecule has 0 fully saturated rings. The van der Waals surface area contributed by atoms with Crippen molar-refractivity contribution in [3.05, 3.63) is 51.8 Å². The summed E-state index contributed by atoms with van der Waals surface area (Å²) in [5.41, 5.74) is 10.0. The molecule has 0 aliphatic heterocycles. The second-order valence-electron chi connectivity index (χ2n) is 4.38. The van der Waals surface area contributed by atoms with E-state index in [1.54, 1.807) is 13.1 Å². The fourth-order valence-electron chi connectivity index (χ4n) is 1.95. The highest BCUT2D eigenvalue weighted by atomic mass is 16.1. The molecule has 0 atom stereocenters. The van der Waals surface area contributed by atoms with Crippen LogP contribution >= 0.6 is 0 Å². The van der Waals surface area contributed by atoms with Crippen molar-refractivity contribution in [2.75, 3.05) is 5.73 Å². The van der Waals surface area contributed by atoms with Crippen LogP contribution in [-0.2, 0) is 7.05 Å². The first-order valence-corrected chi connectivity index (χ1v) is 5.53. The lowest BCUT2D eigenvalue weighted by Gasteiger charge is -2.09. The Hall–Kier alpha value is -2.03. The molecule has 2 aromatic rings. The first-order chi connectivity index (χ1) is 7.99. The Morgan fingerprint density at radius 2 is 1.82 bits per heavy atom. The predicted molar refractivity (Wildman–Crippen MR) is 71.0 cm³/mol. The number of hydrogen-bond acceptors (Lipinski definition) is 2. The van der Waals surface area contributed by atoms with Crippen LogP contribution in [0.2, 0.25) is 0 Å². The smallest absolute Gasteiger partial charge is 0.252 e. The molecule has 0 aliphatic rings. The predicted octanol–water partition coefficient (Wildman–Crippen LogP) is 2.25. The van der Waals surface area contributed by atoms with Crippen LogP contribution in [0.4, 0.5) is 5.82 Å². The van der Waals surface area contributed by atoms with Gasteiger partial charge in [-0.15, -0.1) is 0 Å². The molecule has 0 saturated carbocycles. The summed E-state index contributed by atoms with van der Waals surface area (Å²) in [5, 5.41) is 0. The SMILES string of the molecule is Cc1ccc(-c2cc(N)n(C)c(=O)c2)c(C)c1. The van der Waals surface area contributed by atoms with Crippen molar-refractivity contribution in [3.63, 3.8) is 0 Å². The fraction of sp³-hybridized carbons (Fsp3) is 0.214. The average molecular weight is 228 g/mol. The van der Waals surface area contributed by atoms with E-state index < -0.39 is 0 Å². The lowest BCUT2D eigenvalue weighted by molar-refractivity contribution is 0.876. The number of benzene rings is 1. The van der Waals surface area contributed by atoms with Gasteiger partial charge in [-0.05, 0) is 36.6 Å². The first kappa shape index (κ1) is 11.5. The largest absolute Gasteiger partial charge is 0.385 e. The molecule has 2 rings (SSSR count). The monoisotopic (exact) mass is 228 g/mol. The number of rotatable bonds is 1. The third kappa shape index (κ3) is 2.09. The van der Waals surface area contributed by atoms with Gasteiger partial charge in [0.1, 0.15) is 5.82 Å². The summed E-state index contributed by atoms with van der Waals surface area (Å²) in [7, 11) is 1.67. The Bertz CT molecular complexity index is 627. The third-order valence-corrected chi connectivity index (χ3v) is 2.99. The van der Waals surface area contributed by atoms with Gasteiger partial charge in [-0.2, -0.15) is 0 Å². The quantitative estimate of drug-likeness (QED) is 0.813. The molecule has 0 spiro atoms. The summed E-state index contributed by atoms with van der Waals surface area (Å²) in [5.74, 6) is 0.479. The van der Waals surface area contributed by atoms with Crippen molar-refractivity contribution in [1.82, 2.24) is 4.57 Å². The van der Waals surface area contributed by atoms with E-state index >= 15 is 0 Å². The van der Waals surface area contributed by atoms with Crippen molar-refractivity contribution in [3.8, 4) is 11.1 Å². The highest BCUT2D eigenvalue weighted by molar-refractivity contribution is 5.69. The van der Waals surface area contributed by atoms with Crippen LogP contribution in [0, 0.1) is 13.8 Å². The van der Waals surface area contributed by atoms with Crippen LogP contribution in [0.3, 0.4) is 0 Å². The Labute approximate surface area is 101 Å². The Morgan fingerprint density at radius 3 is 2.41 bits per heavy atom. The van der Waals surface area contributed by atoms with E-state index in [1.165, 1.54) is 10.1 Å². The summed E-state index contributed by atoms with van der Waals surface area (Å²) in [6.07, 6.45) is 0. The number of pyridine rings is 1. The van der Waals surface area contributed by atoms with E-state index in [2.05, 4.69) is 13.0 Å². The second kappa shape index (κ2) is 4.09. The van der Waals surface area contributed by atoms with Crippen LogP contribution in [0.15, 0.2) is 35.1 Å². The minimum Gasteiger partial charge on any atom is -0.385 e. The van der Waals surface area contributed by atoms with Crippen molar-refractivity contribution in [2.24, 2.45) is 7.05 Å². The first-order valence-electron chi connectivity index (χ1n) is 5.53.